The molecule has 11 heteroatoms. The van der Waals surface area contributed by atoms with Crippen molar-refractivity contribution in [2.75, 3.05) is 26.2 Å². The largest absolute Gasteiger partial charge is 0.416 e. The summed E-state index contributed by atoms with van der Waals surface area (Å²) in [6, 6.07) is 18.9. The van der Waals surface area contributed by atoms with Crippen LogP contribution < -0.4 is 5.56 Å². The summed E-state index contributed by atoms with van der Waals surface area (Å²) in [6.45, 7) is 3.71. The number of hydrogen-bond acceptors (Lipinski definition) is 5. The number of benzene rings is 3. The van der Waals surface area contributed by atoms with Crippen LogP contribution in [0, 0.1) is 5.82 Å². The molecule has 1 amide bonds. The Kier molecular flexibility index (Phi) is 10.7. The van der Waals surface area contributed by atoms with Crippen molar-refractivity contribution in [3.05, 3.63) is 117 Å². The maximum Gasteiger partial charge on any atom is 0.416 e. The molecule has 1 fully saturated rings. The molecule has 0 saturated carbocycles. The van der Waals surface area contributed by atoms with Gasteiger partial charge >= 0.3 is 6.18 Å². The lowest BCUT2D eigenvalue weighted by atomic mass is 10.0. The van der Waals surface area contributed by atoms with Crippen LogP contribution in [-0.2, 0) is 42.7 Å². The number of fused-ring (bicyclic) bond motifs is 1. The average molecular weight is 679 g/mol. The summed E-state index contributed by atoms with van der Waals surface area (Å²) in [5.41, 5.74) is 3.86. The van der Waals surface area contributed by atoms with Gasteiger partial charge in [-0.15, -0.1) is 0 Å². The van der Waals surface area contributed by atoms with Gasteiger partial charge in [-0.25, -0.2) is 4.39 Å². The standard InChI is InChI=1S/C37H38F4N4O2S/c38-31-17-9-27(10-18-31)25-48-36-42-35(47)32-5-4-6-33(32)45(36)24-34(46)44(22-21-43-19-2-1-3-20-43)23-26-7-11-28(12-8-26)29-13-15-30(16-14-29)37(39,40)41/h7-18H,1-6,19-25H2. The third-order valence-corrected chi connectivity index (χ3v) is 10.2. The highest BCUT2D eigenvalue weighted by molar-refractivity contribution is 7.98. The monoisotopic (exact) mass is 678 g/mol. The minimum absolute atomic E-state index is 0.0466. The van der Waals surface area contributed by atoms with E-state index in [-0.39, 0.29) is 23.8 Å². The van der Waals surface area contributed by atoms with E-state index in [9.17, 15) is 27.2 Å². The Balaban J connectivity index is 1.22. The summed E-state index contributed by atoms with van der Waals surface area (Å²) < 4.78 is 54.5. The van der Waals surface area contributed by atoms with Gasteiger partial charge in [0.05, 0.1) is 5.56 Å². The Morgan fingerprint density at radius 2 is 1.48 bits per heavy atom. The topological polar surface area (TPSA) is 58.4 Å². The van der Waals surface area contributed by atoms with Gasteiger partial charge in [-0.3, -0.25) is 9.59 Å². The molecule has 1 aliphatic heterocycles. The number of rotatable bonds is 11. The van der Waals surface area contributed by atoms with Gasteiger partial charge in [0, 0.05) is 36.6 Å². The molecule has 1 aromatic heterocycles. The highest BCUT2D eigenvalue weighted by atomic mass is 32.2. The number of amides is 1. The number of alkyl halides is 3. The van der Waals surface area contributed by atoms with Crippen molar-refractivity contribution in [2.24, 2.45) is 0 Å². The molecule has 4 aromatic rings. The van der Waals surface area contributed by atoms with Gasteiger partial charge < -0.3 is 14.4 Å². The van der Waals surface area contributed by atoms with Crippen LogP contribution in [0.25, 0.3) is 11.1 Å². The van der Waals surface area contributed by atoms with Crippen molar-refractivity contribution >= 4 is 17.7 Å². The van der Waals surface area contributed by atoms with Crippen molar-refractivity contribution in [2.45, 2.75) is 68.7 Å². The van der Waals surface area contributed by atoms with E-state index < -0.39 is 11.7 Å². The van der Waals surface area contributed by atoms with Crippen molar-refractivity contribution in [3.63, 3.8) is 0 Å². The van der Waals surface area contributed by atoms with Gasteiger partial charge in [0.15, 0.2) is 5.16 Å². The van der Waals surface area contributed by atoms with Crippen molar-refractivity contribution < 1.29 is 22.4 Å². The fourth-order valence-electron chi connectivity index (χ4n) is 6.43. The zero-order valence-corrected chi connectivity index (χ0v) is 27.5. The lowest BCUT2D eigenvalue weighted by molar-refractivity contribution is -0.137. The molecule has 3 aromatic carbocycles. The summed E-state index contributed by atoms with van der Waals surface area (Å²) in [5.74, 6) is 0.0757. The third-order valence-electron chi connectivity index (χ3n) is 9.14. The molecule has 0 spiro atoms. The summed E-state index contributed by atoms with van der Waals surface area (Å²) in [7, 11) is 0. The lowest BCUT2D eigenvalue weighted by Gasteiger charge is -2.31. The van der Waals surface area contributed by atoms with Gasteiger partial charge in [-0.2, -0.15) is 18.2 Å². The second-order valence-electron chi connectivity index (χ2n) is 12.5. The molecule has 6 rings (SSSR count). The fourth-order valence-corrected chi connectivity index (χ4v) is 7.40. The molecule has 0 bridgehead atoms. The molecule has 0 radical (unpaired) electrons. The predicted molar refractivity (Wildman–Crippen MR) is 179 cm³/mol. The molecule has 0 N–H and O–H groups in total. The molecule has 252 valence electrons. The van der Waals surface area contributed by atoms with E-state index in [0.717, 1.165) is 73.4 Å². The highest BCUT2D eigenvalue weighted by Gasteiger charge is 2.30. The maximum absolute atomic E-state index is 14.2. The first-order chi connectivity index (χ1) is 23.1. The van der Waals surface area contributed by atoms with E-state index in [1.165, 1.54) is 42.4 Å². The number of likely N-dealkylation sites (tertiary alicyclic amines) is 1. The van der Waals surface area contributed by atoms with Crippen molar-refractivity contribution in [1.82, 2.24) is 19.4 Å². The highest BCUT2D eigenvalue weighted by Crippen LogP contribution is 2.31. The van der Waals surface area contributed by atoms with Crippen molar-refractivity contribution in [3.8, 4) is 11.1 Å². The Hall–Kier alpha value is -3.96. The molecule has 2 aliphatic rings. The number of carbonyl (C=O) groups excluding carboxylic acids is 1. The van der Waals surface area contributed by atoms with E-state index in [0.29, 0.717) is 48.0 Å². The zero-order chi connectivity index (χ0) is 33.7. The molecule has 1 aliphatic carbocycles. The Labute approximate surface area is 281 Å². The molecular weight excluding hydrogens is 640 g/mol. The summed E-state index contributed by atoms with van der Waals surface area (Å²) in [5, 5.41) is 0.482. The van der Waals surface area contributed by atoms with Crippen LogP contribution in [0.5, 0.6) is 0 Å². The third kappa shape index (κ3) is 8.36. The summed E-state index contributed by atoms with van der Waals surface area (Å²) in [4.78, 5) is 35.8. The van der Waals surface area contributed by atoms with E-state index in [4.69, 9.17) is 0 Å². The number of piperidine rings is 1. The van der Waals surface area contributed by atoms with Crippen LogP contribution >= 0.6 is 11.8 Å². The van der Waals surface area contributed by atoms with Gasteiger partial charge in [0.2, 0.25) is 5.91 Å². The van der Waals surface area contributed by atoms with Gasteiger partial charge in [-0.1, -0.05) is 66.7 Å². The van der Waals surface area contributed by atoms with Crippen LogP contribution in [-0.4, -0.2) is 51.4 Å². The smallest absolute Gasteiger partial charge is 0.336 e. The number of halogens is 4. The number of hydrogen-bond donors (Lipinski definition) is 0. The normalized spacial score (nSPS) is 15.0. The second kappa shape index (κ2) is 15.1. The number of aromatic nitrogens is 2. The number of nitrogens with zero attached hydrogens (tertiary/aromatic N) is 4. The lowest BCUT2D eigenvalue weighted by Crippen LogP contribution is -2.41. The first-order valence-corrected chi connectivity index (χ1v) is 17.4. The molecule has 0 atom stereocenters. The average Bonchev–Trinajstić information content (AvgIpc) is 3.59. The first-order valence-electron chi connectivity index (χ1n) is 16.4. The minimum Gasteiger partial charge on any atom is -0.336 e. The van der Waals surface area contributed by atoms with Gasteiger partial charge in [0.25, 0.3) is 5.56 Å². The molecule has 1 saturated heterocycles. The predicted octanol–water partition coefficient (Wildman–Crippen LogP) is 7.36. The quantitative estimate of drug-likeness (QED) is 0.0943. The molecule has 6 nitrogen and oxygen atoms in total. The van der Waals surface area contributed by atoms with Crippen molar-refractivity contribution in [1.29, 1.82) is 0 Å². The molecule has 48 heavy (non-hydrogen) atoms. The van der Waals surface area contributed by atoms with E-state index in [1.807, 2.05) is 33.7 Å². The van der Waals surface area contributed by atoms with Gasteiger partial charge in [0.1, 0.15) is 12.4 Å². The summed E-state index contributed by atoms with van der Waals surface area (Å²) >= 11 is 1.37. The number of thioether (sulfide) groups is 1. The minimum atomic E-state index is -4.39. The van der Waals surface area contributed by atoms with Crippen LogP contribution in [0.15, 0.2) is 82.7 Å². The summed E-state index contributed by atoms with van der Waals surface area (Å²) in [6.07, 6.45) is 1.28. The maximum atomic E-state index is 14.2. The Morgan fingerprint density at radius 1 is 0.833 bits per heavy atom. The number of carbonyl (C=O) groups is 1. The van der Waals surface area contributed by atoms with E-state index in [1.54, 1.807) is 12.1 Å². The van der Waals surface area contributed by atoms with E-state index >= 15 is 0 Å². The van der Waals surface area contributed by atoms with Crippen LogP contribution in [0.4, 0.5) is 17.6 Å². The van der Waals surface area contributed by atoms with Gasteiger partial charge in [-0.05, 0) is 91.7 Å². The molecule has 0 unspecified atom stereocenters. The van der Waals surface area contributed by atoms with E-state index in [2.05, 4.69) is 9.88 Å². The Bertz CT molecular complexity index is 1770. The second-order valence-corrected chi connectivity index (χ2v) is 13.4. The first kappa shape index (κ1) is 33.9. The fraction of sp³-hybridized carbons (Fsp3) is 0.378. The zero-order valence-electron chi connectivity index (χ0n) is 26.6. The van der Waals surface area contributed by atoms with Crippen LogP contribution in [0.3, 0.4) is 0 Å². The Morgan fingerprint density at radius 3 is 2.15 bits per heavy atom. The van der Waals surface area contributed by atoms with Crippen LogP contribution in [0.2, 0.25) is 0 Å². The van der Waals surface area contributed by atoms with Crippen LogP contribution in [0.1, 0.15) is 53.6 Å². The molecular formula is C37H38F4N4O2S. The SMILES string of the molecule is O=C(Cn1c(SCc2ccc(F)cc2)nc(=O)c2c1CCC2)N(CCN1CCCCC1)Cc1ccc(-c2ccc(C(F)(F)F)cc2)cc1. The molecule has 2 heterocycles.